The molecule has 1 aromatic heterocycles. The standard InChI is InChI=1S/C28H41N/c1-3-5-7-9-11-24-14-18-26(19-15-24)28-21-20-27(22-29-28)25-16-12-23(13-17-25)10-8-6-4-2/h12-13,16-17,20-22,24,26H,3-11,14-15,18-19H2,1-2H3/t24-,26-. The highest BCUT2D eigenvalue weighted by atomic mass is 14.7. The minimum atomic E-state index is 0.678. The van der Waals surface area contributed by atoms with Crippen molar-refractivity contribution in [3.05, 3.63) is 53.9 Å². The van der Waals surface area contributed by atoms with Gasteiger partial charge in [0.2, 0.25) is 0 Å². The third-order valence-electron chi connectivity index (χ3n) is 6.87. The molecule has 0 unspecified atom stereocenters. The van der Waals surface area contributed by atoms with Gasteiger partial charge in [0, 0.05) is 23.4 Å². The van der Waals surface area contributed by atoms with Gasteiger partial charge in [0.05, 0.1) is 0 Å². The molecule has 1 nitrogen and oxygen atoms in total. The Balaban J connectivity index is 1.48. The number of benzene rings is 1. The van der Waals surface area contributed by atoms with E-state index in [1.165, 1.54) is 106 Å². The van der Waals surface area contributed by atoms with Crippen LogP contribution in [-0.4, -0.2) is 4.98 Å². The summed E-state index contributed by atoms with van der Waals surface area (Å²) in [5.74, 6) is 1.65. The molecule has 0 amide bonds. The molecule has 0 N–H and O–H groups in total. The van der Waals surface area contributed by atoms with E-state index in [4.69, 9.17) is 4.98 Å². The van der Waals surface area contributed by atoms with Crippen molar-refractivity contribution in [1.82, 2.24) is 4.98 Å². The zero-order chi connectivity index (χ0) is 20.3. The quantitative estimate of drug-likeness (QED) is 0.349. The molecule has 1 aliphatic carbocycles. The van der Waals surface area contributed by atoms with E-state index in [-0.39, 0.29) is 0 Å². The predicted molar refractivity (Wildman–Crippen MR) is 126 cm³/mol. The molecule has 1 saturated carbocycles. The van der Waals surface area contributed by atoms with Crippen LogP contribution in [0.4, 0.5) is 0 Å². The van der Waals surface area contributed by atoms with Crippen molar-refractivity contribution in [2.24, 2.45) is 5.92 Å². The maximum absolute atomic E-state index is 4.87. The summed E-state index contributed by atoms with van der Waals surface area (Å²) in [5, 5.41) is 0. The molecular weight excluding hydrogens is 350 g/mol. The molecule has 1 heteroatoms. The fourth-order valence-corrected chi connectivity index (χ4v) is 4.87. The lowest BCUT2D eigenvalue weighted by atomic mass is 9.78. The summed E-state index contributed by atoms with van der Waals surface area (Å²) in [6, 6.07) is 13.7. The second-order valence-electron chi connectivity index (χ2n) is 9.19. The van der Waals surface area contributed by atoms with Crippen LogP contribution in [0.1, 0.15) is 108 Å². The lowest BCUT2D eigenvalue weighted by Gasteiger charge is -2.28. The van der Waals surface area contributed by atoms with E-state index in [1.54, 1.807) is 0 Å². The SMILES string of the molecule is CCCCCC[C@H]1CC[C@H](c2ccc(-c3ccc(CCCCC)cc3)cn2)CC1. The largest absolute Gasteiger partial charge is 0.260 e. The first-order valence-corrected chi connectivity index (χ1v) is 12.4. The van der Waals surface area contributed by atoms with Gasteiger partial charge in [-0.3, -0.25) is 4.98 Å². The van der Waals surface area contributed by atoms with Gasteiger partial charge >= 0.3 is 0 Å². The van der Waals surface area contributed by atoms with Crippen molar-refractivity contribution in [3.63, 3.8) is 0 Å². The van der Waals surface area contributed by atoms with E-state index in [1.807, 2.05) is 0 Å². The Morgan fingerprint density at radius 2 is 1.41 bits per heavy atom. The third-order valence-corrected chi connectivity index (χ3v) is 6.87. The van der Waals surface area contributed by atoms with Gasteiger partial charge in [0.15, 0.2) is 0 Å². The number of pyridine rings is 1. The van der Waals surface area contributed by atoms with Crippen molar-refractivity contribution in [2.75, 3.05) is 0 Å². The summed E-state index contributed by atoms with van der Waals surface area (Å²) in [6.07, 6.45) is 19.8. The Hall–Kier alpha value is -1.63. The lowest BCUT2D eigenvalue weighted by molar-refractivity contribution is 0.299. The average Bonchev–Trinajstić information content (AvgIpc) is 2.78. The Bertz CT molecular complexity index is 677. The van der Waals surface area contributed by atoms with Crippen LogP contribution >= 0.6 is 0 Å². The molecule has 0 spiro atoms. The molecule has 0 saturated heterocycles. The first-order chi connectivity index (χ1) is 14.3. The first-order valence-electron chi connectivity index (χ1n) is 12.4. The molecule has 1 aromatic carbocycles. The third kappa shape index (κ3) is 6.98. The van der Waals surface area contributed by atoms with Crippen LogP contribution in [0.3, 0.4) is 0 Å². The molecular formula is C28H41N. The minimum absolute atomic E-state index is 0.678. The van der Waals surface area contributed by atoms with Gasteiger partial charge in [-0.2, -0.15) is 0 Å². The number of rotatable bonds is 11. The topological polar surface area (TPSA) is 12.9 Å². The maximum atomic E-state index is 4.87. The minimum Gasteiger partial charge on any atom is -0.260 e. The number of aromatic nitrogens is 1. The van der Waals surface area contributed by atoms with Gasteiger partial charge in [0.25, 0.3) is 0 Å². The van der Waals surface area contributed by atoms with E-state index in [2.05, 4.69) is 56.4 Å². The molecule has 1 fully saturated rings. The molecule has 2 aromatic rings. The van der Waals surface area contributed by atoms with E-state index >= 15 is 0 Å². The fourth-order valence-electron chi connectivity index (χ4n) is 4.87. The smallest absolute Gasteiger partial charge is 0.0434 e. The van der Waals surface area contributed by atoms with Gasteiger partial charge < -0.3 is 0 Å². The lowest BCUT2D eigenvalue weighted by Crippen LogP contribution is -2.14. The monoisotopic (exact) mass is 391 g/mol. The van der Waals surface area contributed by atoms with E-state index in [9.17, 15) is 0 Å². The Labute approximate surface area is 179 Å². The fraction of sp³-hybridized carbons (Fsp3) is 0.607. The highest BCUT2D eigenvalue weighted by molar-refractivity contribution is 5.62. The van der Waals surface area contributed by atoms with Crippen molar-refractivity contribution < 1.29 is 0 Å². The molecule has 0 radical (unpaired) electrons. The van der Waals surface area contributed by atoms with Crippen LogP contribution < -0.4 is 0 Å². The molecule has 0 bridgehead atoms. The second kappa shape index (κ2) is 12.2. The molecule has 3 rings (SSSR count). The van der Waals surface area contributed by atoms with E-state index in [0.717, 1.165) is 5.92 Å². The molecule has 29 heavy (non-hydrogen) atoms. The van der Waals surface area contributed by atoms with Crippen LogP contribution in [0.2, 0.25) is 0 Å². The summed E-state index contributed by atoms with van der Waals surface area (Å²) >= 11 is 0. The van der Waals surface area contributed by atoms with Crippen molar-refractivity contribution in [2.45, 2.75) is 103 Å². The van der Waals surface area contributed by atoms with Crippen LogP contribution in [-0.2, 0) is 6.42 Å². The van der Waals surface area contributed by atoms with Crippen molar-refractivity contribution >= 4 is 0 Å². The summed E-state index contributed by atoms with van der Waals surface area (Å²) in [4.78, 5) is 4.87. The molecule has 0 atom stereocenters. The summed E-state index contributed by atoms with van der Waals surface area (Å²) in [5.41, 5.74) is 5.31. The average molecular weight is 392 g/mol. The Morgan fingerprint density at radius 1 is 0.724 bits per heavy atom. The zero-order valence-electron chi connectivity index (χ0n) is 18.8. The Kier molecular flexibility index (Phi) is 9.25. The summed E-state index contributed by atoms with van der Waals surface area (Å²) < 4.78 is 0. The second-order valence-corrected chi connectivity index (χ2v) is 9.19. The van der Waals surface area contributed by atoms with E-state index in [0.29, 0.717) is 5.92 Å². The van der Waals surface area contributed by atoms with Crippen LogP contribution in [0, 0.1) is 5.92 Å². The number of aryl methyl sites for hydroxylation is 1. The Morgan fingerprint density at radius 3 is 2.07 bits per heavy atom. The summed E-state index contributed by atoms with van der Waals surface area (Å²) in [6.45, 7) is 4.56. The maximum Gasteiger partial charge on any atom is 0.0434 e. The van der Waals surface area contributed by atoms with Crippen molar-refractivity contribution in [1.29, 1.82) is 0 Å². The van der Waals surface area contributed by atoms with Gasteiger partial charge in [-0.05, 0) is 61.6 Å². The van der Waals surface area contributed by atoms with E-state index < -0.39 is 0 Å². The van der Waals surface area contributed by atoms with Crippen LogP contribution in [0.15, 0.2) is 42.6 Å². The molecule has 0 aliphatic heterocycles. The molecule has 1 aliphatic rings. The van der Waals surface area contributed by atoms with Crippen LogP contribution in [0.25, 0.3) is 11.1 Å². The number of unbranched alkanes of at least 4 members (excludes halogenated alkanes) is 5. The summed E-state index contributed by atoms with van der Waals surface area (Å²) in [7, 11) is 0. The number of nitrogens with zero attached hydrogens (tertiary/aromatic N) is 1. The number of hydrogen-bond acceptors (Lipinski definition) is 1. The number of hydrogen-bond donors (Lipinski definition) is 0. The zero-order valence-corrected chi connectivity index (χ0v) is 18.8. The predicted octanol–water partition coefficient (Wildman–Crippen LogP) is 8.73. The molecule has 1 heterocycles. The van der Waals surface area contributed by atoms with Gasteiger partial charge in [-0.15, -0.1) is 0 Å². The normalized spacial score (nSPS) is 19.4. The van der Waals surface area contributed by atoms with Gasteiger partial charge in [-0.25, -0.2) is 0 Å². The van der Waals surface area contributed by atoms with Gasteiger partial charge in [-0.1, -0.05) is 89.1 Å². The van der Waals surface area contributed by atoms with Crippen molar-refractivity contribution in [3.8, 4) is 11.1 Å². The van der Waals surface area contributed by atoms with Crippen LogP contribution in [0.5, 0.6) is 0 Å². The highest BCUT2D eigenvalue weighted by Gasteiger charge is 2.22. The molecule has 158 valence electrons. The first kappa shape index (κ1) is 22.1. The highest BCUT2D eigenvalue weighted by Crippen LogP contribution is 2.37. The van der Waals surface area contributed by atoms with Gasteiger partial charge in [0.1, 0.15) is 0 Å².